The highest BCUT2D eigenvalue weighted by molar-refractivity contribution is 7.91. The Balaban J connectivity index is 1.65. The Bertz CT molecular complexity index is 880. The molecule has 4 nitrogen and oxygen atoms in total. The van der Waals surface area contributed by atoms with Crippen molar-refractivity contribution in [3.05, 3.63) is 65.5 Å². The number of rotatable bonds is 5. The van der Waals surface area contributed by atoms with Crippen molar-refractivity contribution in [2.24, 2.45) is 0 Å². The zero-order valence-electron chi connectivity index (χ0n) is 13.7. The third kappa shape index (κ3) is 4.25. The maximum Gasteiger partial charge on any atom is 0.225 e. The van der Waals surface area contributed by atoms with Crippen molar-refractivity contribution in [2.45, 2.75) is 30.9 Å². The van der Waals surface area contributed by atoms with Crippen molar-refractivity contribution < 1.29 is 17.6 Å². The fraction of sp³-hybridized carbons (Fsp3) is 0.316. The average molecular weight is 361 g/mol. The van der Waals surface area contributed by atoms with E-state index in [0.29, 0.717) is 12.1 Å². The van der Waals surface area contributed by atoms with Gasteiger partial charge in [-0.05, 0) is 48.6 Å². The molecule has 0 radical (unpaired) electrons. The second-order valence-corrected chi connectivity index (χ2v) is 8.56. The van der Waals surface area contributed by atoms with Gasteiger partial charge in [0.05, 0.1) is 11.0 Å². The lowest BCUT2D eigenvalue weighted by Crippen LogP contribution is -2.24. The molecule has 0 saturated heterocycles. The van der Waals surface area contributed by atoms with Gasteiger partial charge in [-0.2, -0.15) is 0 Å². The predicted octanol–water partition coefficient (Wildman–Crippen LogP) is 3.65. The van der Waals surface area contributed by atoms with E-state index in [2.05, 4.69) is 5.32 Å². The molecule has 132 valence electrons. The van der Waals surface area contributed by atoms with Crippen LogP contribution in [0.25, 0.3) is 0 Å². The smallest absolute Gasteiger partial charge is 0.225 e. The molecule has 0 spiro atoms. The van der Waals surface area contributed by atoms with Gasteiger partial charge in [-0.15, -0.1) is 0 Å². The molecule has 6 heteroatoms. The number of fused-ring (bicyclic) bond motifs is 1. The molecule has 1 atom stereocenters. The highest BCUT2D eigenvalue weighted by Crippen LogP contribution is 2.36. The van der Waals surface area contributed by atoms with Gasteiger partial charge in [0.25, 0.3) is 0 Å². The largest absolute Gasteiger partial charge is 0.326 e. The van der Waals surface area contributed by atoms with E-state index in [9.17, 15) is 17.6 Å². The Morgan fingerprint density at radius 1 is 1.16 bits per heavy atom. The fourth-order valence-corrected chi connectivity index (χ4v) is 5.15. The van der Waals surface area contributed by atoms with Crippen LogP contribution in [0.3, 0.4) is 0 Å². The number of carbonyl (C=O) groups is 1. The molecule has 1 aliphatic carbocycles. The highest BCUT2D eigenvalue weighted by Gasteiger charge is 2.31. The van der Waals surface area contributed by atoms with Gasteiger partial charge in [-0.3, -0.25) is 4.79 Å². The molecule has 1 unspecified atom stereocenters. The normalized spacial score (nSPS) is 16.9. The Morgan fingerprint density at radius 2 is 1.96 bits per heavy atom. The van der Waals surface area contributed by atoms with Crippen molar-refractivity contribution in [3.63, 3.8) is 0 Å². The summed E-state index contributed by atoms with van der Waals surface area (Å²) in [6.07, 6.45) is 2.17. The Hall–Kier alpha value is -2.21. The molecule has 0 saturated carbocycles. The summed E-state index contributed by atoms with van der Waals surface area (Å²) in [5, 5.41) is 1.99. The molecule has 2 aromatic carbocycles. The number of hydrogen-bond acceptors (Lipinski definition) is 3. The number of halogens is 1. The molecule has 0 aromatic heterocycles. The van der Waals surface area contributed by atoms with Gasteiger partial charge in [0.2, 0.25) is 5.91 Å². The highest BCUT2D eigenvalue weighted by atomic mass is 32.2. The molecule has 0 fully saturated rings. The van der Waals surface area contributed by atoms with Gasteiger partial charge in [0.1, 0.15) is 5.82 Å². The zero-order valence-corrected chi connectivity index (χ0v) is 14.6. The lowest BCUT2D eigenvalue weighted by Gasteiger charge is -2.25. The summed E-state index contributed by atoms with van der Waals surface area (Å²) in [5.41, 5.74) is 2.26. The van der Waals surface area contributed by atoms with E-state index in [1.807, 2.05) is 24.3 Å². The number of anilines is 1. The molecular formula is C19H20FNO3S. The maximum atomic E-state index is 13.1. The van der Waals surface area contributed by atoms with Crippen molar-refractivity contribution in [1.82, 2.24) is 0 Å². The molecular weight excluding hydrogens is 341 g/mol. The minimum atomic E-state index is -3.43. The second kappa shape index (κ2) is 7.35. The van der Waals surface area contributed by atoms with Crippen LogP contribution in [0.15, 0.2) is 48.5 Å². The van der Waals surface area contributed by atoms with Crippen LogP contribution in [0.2, 0.25) is 0 Å². The first kappa shape index (κ1) is 17.6. The van der Waals surface area contributed by atoms with Crippen molar-refractivity contribution in [1.29, 1.82) is 0 Å². The van der Waals surface area contributed by atoms with Crippen LogP contribution < -0.4 is 5.32 Å². The van der Waals surface area contributed by atoms with Crippen LogP contribution in [-0.4, -0.2) is 20.1 Å². The van der Waals surface area contributed by atoms with E-state index in [4.69, 9.17) is 0 Å². The Kier molecular flexibility index (Phi) is 5.18. The van der Waals surface area contributed by atoms with Gasteiger partial charge in [0.15, 0.2) is 9.84 Å². The summed E-state index contributed by atoms with van der Waals surface area (Å²) in [5.74, 6) is -1.10. The monoisotopic (exact) mass is 361 g/mol. The molecule has 2 aromatic rings. The molecule has 1 amide bonds. The summed E-state index contributed by atoms with van der Waals surface area (Å²) in [6, 6.07) is 13.1. The van der Waals surface area contributed by atoms with Gasteiger partial charge in [-0.1, -0.05) is 30.3 Å². The average Bonchev–Trinajstić information content (AvgIpc) is 2.59. The summed E-state index contributed by atoms with van der Waals surface area (Å²) in [7, 11) is -3.43. The molecule has 3 rings (SSSR count). The zero-order chi connectivity index (χ0) is 17.9. The van der Waals surface area contributed by atoms with Gasteiger partial charge in [0, 0.05) is 12.1 Å². The number of sulfone groups is 1. The van der Waals surface area contributed by atoms with Gasteiger partial charge >= 0.3 is 0 Å². The first-order valence-electron chi connectivity index (χ1n) is 8.30. The van der Waals surface area contributed by atoms with E-state index in [1.165, 1.54) is 18.2 Å². The van der Waals surface area contributed by atoms with Gasteiger partial charge < -0.3 is 5.32 Å². The molecule has 0 bridgehead atoms. The van der Waals surface area contributed by atoms with E-state index >= 15 is 0 Å². The number of benzene rings is 2. The summed E-state index contributed by atoms with van der Waals surface area (Å²) < 4.78 is 38.6. The fourth-order valence-electron chi connectivity index (χ4n) is 3.25. The Labute approximate surface area is 147 Å². The number of nitrogens with one attached hydrogen (secondary N) is 1. The first-order chi connectivity index (χ1) is 12.0. The van der Waals surface area contributed by atoms with Crippen LogP contribution in [0.1, 0.15) is 35.6 Å². The summed E-state index contributed by atoms with van der Waals surface area (Å²) in [4.78, 5) is 12.0. The number of hydrogen-bond donors (Lipinski definition) is 1. The third-order valence-electron chi connectivity index (χ3n) is 4.47. The molecule has 0 heterocycles. The van der Waals surface area contributed by atoms with Crippen LogP contribution in [-0.2, 0) is 21.1 Å². The molecule has 25 heavy (non-hydrogen) atoms. The van der Waals surface area contributed by atoms with Crippen LogP contribution in [0, 0.1) is 5.82 Å². The quantitative estimate of drug-likeness (QED) is 0.884. The standard InChI is InChI=1S/C19H20FNO3S/c20-15-7-4-8-16(13-15)21-19(22)11-12-25(23,24)18-10-3-6-14-5-1-2-9-17(14)18/h1-2,4-5,7-9,13,18H,3,6,10-12H2,(H,21,22). The summed E-state index contributed by atoms with van der Waals surface area (Å²) >= 11 is 0. The summed E-state index contributed by atoms with van der Waals surface area (Å²) in [6.45, 7) is 0. The SMILES string of the molecule is O=C(CCS(=O)(=O)C1CCCc2ccccc21)Nc1cccc(F)c1. The molecule has 1 N–H and O–H groups in total. The predicted molar refractivity (Wildman–Crippen MR) is 95.6 cm³/mol. The van der Waals surface area contributed by atoms with E-state index in [0.717, 1.165) is 24.0 Å². The maximum absolute atomic E-state index is 13.1. The lowest BCUT2D eigenvalue weighted by molar-refractivity contribution is -0.115. The number of carbonyl (C=O) groups excluding carboxylic acids is 1. The van der Waals surface area contributed by atoms with Gasteiger partial charge in [-0.25, -0.2) is 12.8 Å². The van der Waals surface area contributed by atoms with E-state index in [-0.39, 0.29) is 12.2 Å². The minimum Gasteiger partial charge on any atom is -0.326 e. The van der Waals surface area contributed by atoms with Crippen molar-refractivity contribution in [2.75, 3.05) is 11.1 Å². The van der Waals surface area contributed by atoms with Crippen molar-refractivity contribution >= 4 is 21.4 Å². The Morgan fingerprint density at radius 3 is 2.76 bits per heavy atom. The third-order valence-corrected chi connectivity index (χ3v) is 6.60. The van der Waals surface area contributed by atoms with Crippen molar-refractivity contribution in [3.8, 4) is 0 Å². The first-order valence-corrected chi connectivity index (χ1v) is 10.0. The molecule has 1 aliphatic rings. The number of aryl methyl sites for hydroxylation is 1. The van der Waals surface area contributed by atoms with Crippen LogP contribution >= 0.6 is 0 Å². The lowest BCUT2D eigenvalue weighted by atomic mass is 9.91. The van der Waals surface area contributed by atoms with E-state index in [1.54, 1.807) is 6.07 Å². The van der Waals surface area contributed by atoms with Crippen LogP contribution in [0.5, 0.6) is 0 Å². The number of amides is 1. The van der Waals surface area contributed by atoms with Crippen LogP contribution in [0.4, 0.5) is 10.1 Å². The topological polar surface area (TPSA) is 63.2 Å². The van der Waals surface area contributed by atoms with E-state index < -0.39 is 26.8 Å². The molecule has 0 aliphatic heterocycles. The second-order valence-electron chi connectivity index (χ2n) is 6.26. The minimum absolute atomic E-state index is 0.141.